The molecule has 14 heavy (non-hydrogen) atoms. The quantitative estimate of drug-likeness (QED) is 0.758. The van der Waals surface area contributed by atoms with E-state index < -0.39 is 0 Å². The minimum atomic E-state index is 0.478. The molecular formula is C10H10ClN3. The number of rotatable bonds is 2. The van der Waals surface area contributed by atoms with E-state index in [0.717, 1.165) is 12.2 Å². The number of hydrogen-bond acceptors (Lipinski definition) is 2. The molecule has 0 saturated heterocycles. The summed E-state index contributed by atoms with van der Waals surface area (Å²) in [5.74, 6) is 0.835. The van der Waals surface area contributed by atoms with Gasteiger partial charge in [0.2, 0.25) is 0 Å². The predicted molar refractivity (Wildman–Crippen MR) is 55.7 cm³/mol. The predicted octanol–water partition coefficient (Wildman–Crippen LogP) is 2.48. The Hall–Kier alpha value is -1.35. The fourth-order valence-electron chi connectivity index (χ4n) is 1.20. The molecule has 0 fully saturated rings. The van der Waals surface area contributed by atoms with Gasteiger partial charge in [0, 0.05) is 12.4 Å². The summed E-state index contributed by atoms with van der Waals surface area (Å²) in [6, 6.07) is 4.01. The highest BCUT2D eigenvalue weighted by molar-refractivity contribution is 6.29. The summed E-state index contributed by atoms with van der Waals surface area (Å²) in [5, 5.41) is 0.478. The van der Waals surface area contributed by atoms with Crippen LogP contribution < -0.4 is 0 Å². The second-order valence-corrected chi connectivity index (χ2v) is 3.37. The fourth-order valence-corrected chi connectivity index (χ4v) is 1.35. The van der Waals surface area contributed by atoms with Crippen molar-refractivity contribution < 1.29 is 0 Å². The second kappa shape index (κ2) is 3.80. The Morgan fingerprint density at radius 1 is 1.36 bits per heavy atom. The van der Waals surface area contributed by atoms with Crippen LogP contribution in [-0.4, -0.2) is 14.5 Å². The minimum absolute atomic E-state index is 0.478. The first-order valence-electron chi connectivity index (χ1n) is 4.44. The van der Waals surface area contributed by atoms with Crippen molar-refractivity contribution in [3.8, 4) is 5.82 Å². The summed E-state index contributed by atoms with van der Waals surface area (Å²) in [6.45, 7) is 2.10. The van der Waals surface area contributed by atoms with Crippen molar-refractivity contribution >= 4 is 11.6 Å². The highest BCUT2D eigenvalue weighted by Crippen LogP contribution is 2.09. The van der Waals surface area contributed by atoms with Crippen molar-refractivity contribution in [3.63, 3.8) is 0 Å². The fraction of sp³-hybridized carbons (Fsp3) is 0.200. The van der Waals surface area contributed by atoms with Gasteiger partial charge in [0.15, 0.2) is 0 Å². The molecule has 0 aromatic carbocycles. The normalized spacial score (nSPS) is 10.4. The Bertz CT molecular complexity index is 419. The van der Waals surface area contributed by atoms with E-state index in [1.165, 1.54) is 5.56 Å². The molecule has 0 amide bonds. The van der Waals surface area contributed by atoms with Gasteiger partial charge in [-0.05, 0) is 18.1 Å². The van der Waals surface area contributed by atoms with Crippen molar-refractivity contribution in [1.29, 1.82) is 0 Å². The van der Waals surface area contributed by atoms with Gasteiger partial charge in [-0.1, -0.05) is 24.6 Å². The van der Waals surface area contributed by atoms with E-state index in [2.05, 4.69) is 23.0 Å². The highest BCUT2D eigenvalue weighted by atomic mass is 35.5. The second-order valence-electron chi connectivity index (χ2n) is 2.98. The van der Waals surface area contributed by atoms with Crippen molar-refractivity contribution in [2.24, 2.45) is 0 Å². The van der Waals surface area contributed by atoms with Crippen LogP contribution in [0.25, 0.3) is 5.82 Å². The van der Waals surface area contributed by atoms with E-state index in [0.29, 0.717) is 5.15 Å². The summed E-state index contributed by atoms with van der Waals surface area (Å²) in [7, 11) is 0. The molecule has 72 valence electrons. The first-order valence-corrected chi connectivity index (χ1v) is 4.82. The molecule has 2 rings (SSSR count). The summed E-state index contributed by atoms with van der Waals surface area (Å²) >= 11 is 5.71. The van der Waals surface area contributed by atoms with E-state index in [-0.39, 0.29) is 0 Å². The number of aryl methyl sites for hydroxylation is 1. The maximum Gasteiger partial charge on any atom is 0.147 e. The lowest BCUT2D eigenvalue weighted by molar-refractivity contribution is 0.977. The topological polar surface area (TPSA) is 30.7 Å². The third-order valence-electron chi connectivity index (χ3n) is 2.03. The molecule has 0 aliphatic rings. The van der Waals surface area contributed by atoms with Gasteiger partial charge in [-0.3, -0.25) is 4.57 Å². The van der Waals surface area contributed by atoms with Crippen LogP contribution >= 0.6 is 11.6 Å². The molecule has 2 aromatic rings. The standard InChI is InChI=1S/C10H10ClN3/c1-2-8-3-4-10(12-5-8)14-6-9(11)13-7-14/h3-7H,2H2,1H3. The highest BCUT2D eigenvalue weighted by Gasteiger charge is 1.99. The largest absolute Gasteiger partial charge is 0.289 e. The molecule has 2 aromatic heterocycles. The van der Waals surface area contributed by atoms with E-state index in [9.17, 15) is 0 Å². The van der Waals surface area contributed by atoms with Crippen LogP contribution in [0, 0.1) is 0 Å². The van der Waals surface area contributed by atoms with E-state index in [4.69, 9.17) is 11.6 Å². The van der Waals surface area contributed by atoms with Gasteiger partial charge in [-0.2, -0.15) is 0 Å². The zero-order valence-electron chi connectivity index (χ0n) is 7.81. The van der Waals surface area contributed by atoms with Crippen molar-refractivity contribution in [3.05, 3.63) is 41.6 Å². The van der Waals surface area contributed by atoms with E-state index >= 15 is 0 Å². The first-order chi connectivity index (χ1) is 6.79. The molecule has 2 heterocycles. The van der Waals surface area contributed by atoms with Gasteiger partial charge in [0.05, 0.1) is 0 Å². The molecule has 4 heteroatoms. The minimum Gasteiger partial charge on any atom is -0.289 e. The number of hydrogen-bond donors (Lipinski definition) is 0. The Morgan fingerprint density at radius 3 is 2.71 bits per heavy atom. The molecule has 0 aliphatic carbocycles. The summed E-state index contributed by atoms with van der Waals surface area (Å²) in [6.07, 6.45) is 6.24. The number of imidazole rings is 1. The summed E-state index contributed by atoms with van der Waals surface area (Å²) < 4.78 is 1.79. The van der Waals surface area contributed by atoms with Gasteiger partial charge in [0.25, 0.3) is 0 Å². The van der Waals surface area contributed by atoms with E-state index in [1.807, 2.05) is 12.3 Å². The average Bonchev–Trinajstić information content (AvgIpc) is 2.65. The molecule has 0 bridgehead atoms. The lowest BCUT2D eigenvalue weighted by Crippen LogP contribution is -1.94. The molecule has 0 N–H and O–H groups in total. The summed E-state index contributed by atoms with van der Waals surface area (Å²) in [5.41, 5.74) is 1.22. The molecule has 0 saturated carbocycles. The zero-order chi connectivity index (χ0) is 9.97. The van der Waals surface area contributed by atoms with Gasteiger partial charge in [0.1, 0.15) is 17.3 Å². The van der Waals surface area contributed by atoms with Gasteiger partial charge in [-0.25, -0.2) is 9.97 Å². The Labute approximate surface area is 87.4 Å². The monoisotopic (exact) mass is 207 g/mol. The number of nitrogens with zero attached hydrogens (tertiary/aromatic N) is 3. The van der Waals surface area contributed by atoms with Crippen LogP contribution in [0.5, 0.6) is 0 Å². The van der Waals surface area contributed by atoms with Crippen LogP contribution in [0.15, 0.2) is 30.9 Å². The smallest absolute Gasteiger partial charge is 0.147 e. The van der Waals surface area contributed by atoms with Crippen molar-refractivity contribution in [1.82, 2.24) is 14.5 Å². The van der Waals surface area contributed by atoms with Crippen LogP contribution in [0.4, 0.5) is 0 Å². The molecule has 0 aliphatic heterocycles. The first kappa shape index (κ1) is 9.21. The van der Waals surface area contributed by atoms with Crippen molar-refractivity contribution in [2.75, 3.05) is 0 Å². The summed E-state index contributed by atoms with van der Waals surface area (Å²) in [4.78, 5) is 8.22. The maximum atomic E-state index is 5.71. The van der Waals surface area contributed by atoms with Crippen LogP contribution in [0.3, 0.4) is 0 Å². The number of aromatic nitrogens is 3. The SMILES string of the molecule is CCc1ccc(-n2cnc(Cl)c2)nc1. The third kappa shape index (κ3) is 1.77. The van der Waals surface area contributed by atoms with E-state index in [1.54, 1.807) is 17.1 Å². The van der Waals surface area contributed by atoms with Crippen LogP contribution in [-0.2, 0) is 6.42 Å². The molecule has 0 unspecified atom stereocenters. The number of halogens is 1. The lowest BCUT2D eigenvalue weighted by Gasteiger charge is -2.01. The number of pyridine rings is 1. The molecule has 0 atom stereocenters. The Balaban J connectivity index is 2.33. The van der Waals surface area contributed by atoms with Gasteiger partial charge in [-0.15, -0.1) is 0 Å². The zero-order valence-corrected chi connectivity index (χ0v) is 8.57. The Morgan fingerprint density at radius 2 is 2.21 bits per heavy atom. The molecular weight excluding hydrogens is 198 g/mol. The van der Waals surface area contributed by atoms with Gasteiger partial charge < -0.3 is 0 Å². The Kier molecular flexibility index (Phi) is 2.50. The lowest BCUT2D eigenvalue weighted by atomic mass is 10.2. The van der Waals surface area contributed by atoms with Crippen molar-refractivity contribution in [2.45, 2.75) is 13.3 Å². The average molecular weight is 208 g/mol. The van der Waals surface area contributed by atoms with Crippen LogP contribution in [0.2, 0.25) is 5.15 Å². The third-order valence-corrected chi connectivity index (χ3v) is 2.23. The maximum absolute atomic E-state index is 5.71. The molecule has 0 spiro atoms. The van der Waals surface area contributed by atoms with Crippen LogP contribution in [0.1, 0.15) is 12.5 Å². The molecule has 0 radical (unpaired) electrons. The van der Waals surface area contributed by atoms with Gasteiger partial charge >= 0.3 is 0 Å². The molecule has 3 nitrogen and oxygen atoms in total.